The highest BCUT2D eigenvalue weighted by atomic mass is 35.5. The maximum Gasteiger partial charge on any atom is 0.308 e. The molecule has 1 aliphatic heterocycles. The summed E-state index contributed by atoms with van der Waals surface area (Å²) in [5.74, 6) is -0.127. The predicted octanol–water partition coefficient (Wildman–Crippen LogP) is 3.27. The van der Waals surface area contributed by atoms with Gasteiger partial charge >= 0.3 is 5.97 Å². The average molecular weight is 363 g/mol. The molecule has 0 N–H and O–H groups in total. The van der Waals surface area contributed by atoms with E-state index in [9.17, 15) is 9.59 Å². The Morgan fingerprint density at radius 1 is 1.28 bits per heavy atom. The average Bonchev–Trinajstić information content (AvgIpc) is 3.17. The van der Waals surface area contributed by atoms with Crippen LogP contribution in [0.5, 0.6) is 5.75 Å². The Bertz CT molecular complexity index is 862. The van der Waals surface area contributed by atoms with Crippen molar-refractivity contribution >= 4 is 29.4 Å². The monoisotopic (exact) mass is 362 g/mol. The first-order valence-electron chi connectivity index (χ1n) is 7.42. The van der Waals surface area contributed by atoms with Crippen LogP contribution in [-0.2, 0) is 20.1 Å². The smallest absolute Gasteiger partial charge is 0.308 e. The van der Waals surface area contributed by atoms with Crippen molar-refractivity contribution in [3.63, 3.8) is 0 Å². The van der Waals surface area contributed by atoms with Crippen LogP contribution in [0.2, 0.25) is 5.02 Å². The molecule has 0 radical (unpaired) electrons. The van der Waals surface area contributed by atoms with Gasteiger partial charge < -0.3 is 13.9 Å². The summed E-state index contributed by atoms with van der Waals surface area (Å²) < 4.78 is 16.5. The number of benzene rings is 1. The van der Waals surface area contributed by atoms with E-state index in [-0.39, 0.29) is 17.6 Å². The molecule has 0 fully saturated rings. The summed E-state index contributed by atoms with van der Waals surface area (Å²) in [4.78, 5) is 23.4. The van der Waals surface area contributed by atoms with E-state index >= 15 is 0 Å². The molecule has 1 aromatic heterocycles. The van der Waals surface area contributed by atoms with Gasteiger partial charge in [0.15, 0.2) is 5.76 Å². The molecule has 1 aliphatic rings. The lowest BCUT2D eigenvalue weighted by Gasteiger charge is -2.28. The van der Waals surface area contributed by atoms with Gasteiger partial charge in [-0.25, -0.2) is 0 Å². The Morgan fingerprint density at radius 2 is 2.04 bits per heavy atom. The van der Waals surface area contributed by atoms with Crippen LogP contribution >= 0.6 is 11.6 Å². The lowest BCUT2D eigenvalue weighted by atomic mass is 10.1. The third-order valence-electron chi connectivity index (χ3n) is 3.59. The van der Waals surface area contributed by atoms with Crippen LogP contribution in [0.1, 0.15) is 32.1 Å². The molecule has 0 saturated carbocycles. The van der Waals surface area contributed by atoms with Crippen molar-refractivity contribution < 1.29 is 23.5 Å². The quantitative estimate of drug-likeness (QED) is 0.618. The molecule has 1 atom stereocenters. The highest BCUT2D eigenvalue weighted by Crippen LogP contribution is 2.38. The number of rotatable bonds is 3. The van der Waals surface area contributed by atoms with Gasteiger partial charge in [-0.05, 0) is 30.3 Å². The standard InChI is InChI=1S/C17H15ClN2O5/c1-10(21)20-17(3,15-5-4-8-23-15)25-16(19-20)13-9-12(18)6-7-14(13)24-11(2)22/h4-9H,1-3H3/t17-/m1/s1. The molecule has 1 amide bonds. The number of halogens is 1. The van der Waals surface area contributed by atoms with Crippen LogP contribution in [0, 0.1) is 0 Å². The van der Waals surface area contributed by atoms with Gasteiger partial charge in [-0.15, -0.1) is 5.10 Å². The highest BCUT2D eigenvalue weighted by Gasteiger charge is 2.47. The molecule has 0 bridgehead atoms. The second-order valence-electron chi connectivity index (χ2n) is 5.53. The number of amides is 1. The number of hydrazone groups is 1. The lowest BCUT2D eigenvalue weighted by molar-refractivity contribution is -0.148. The molecule has 25 heavy (non-hydrogen) atoms. The molecule has 2 aromatic rings. The van der Waals surface area contributed by atoms with Gasteiger partial charge in [0.2, 0.25) is 11.8 Å². The van der Waals surface area contributed by atoms with Crippen molar-refractivity contribution in [2.24, 2.45) is 5.10 Å². The van der Waals surface area contributed by atoms with Crippen molar-refractivity contribution in [1.82, 2.24) is 5.01 Å². The maximum absolute atomic E-state index is 12.0. The zero-order valence-corrected chi connectivity index (χ0v) is 14.5. The number of esters is 1. The van der Waals surface area contributed by atoms with Gasteiger partial charge in [-0.3, -0.25) is 9.59 Å². The van der Waals surface area contributed by atoms with E-state index in [4.69, 9.17) is 25.5 Å². The Hall–Kier alpha value is -2.80. The summed E-state index contributed by atoms with van der Waals surface area (Å²) in [6, 6.07) is 8.02. The van der Waals surface area contributed by atoms with Crippen LogP contribution in [-0.4, -0.2) is 22.8 Å². The molecule has 0 saturated heterocycles. The first-order chi connectivity index (χ1) is 11.8. The molecule has 3 rings (SSSR count). The normalized spacial score (nSPS) is 19.4. The van der Waals surface area contributed by atoms with Gasteiger partial charge in [0.25, 0.3) is 5.72 Å². The largest absolute Gasteiger partial charge is 0.463 e. The Morgan fingerprint density at radius 3 is 2.64 bits per heavy atom. The molecule has 0 spiro atoms. The molecule has 0 unspecified atom stereocenters. The summed E-state index contributed by atoms with van der Waals surface area (Å²) >= 11 is 6.05. The van der Waals surface area contributed by atoms with Crippen molar-refractivity contribution in [2.75, 3.05) is 0 Å². The Kier molecular flexibility index (Phi) is 4.26. The molecule has 7 nitrogen and oxygen atoms in total. The van der Waals surface area contributed by atoms with E-state index in [0.717, 1.165) is 0 Å². The van der Waals surface area contributed by atoms with Gasteiger partial charge in [0.1, 0.15) is 5.75 Å². The van der Waals surface area contributed by atoms with E-state index in [1.54, 1.807) is 31.2 Å². The maximum atomic E-state index is 12.0. The number of furan rings is 1. The van der Waals surface area contributed by atoms with E-state index in [1.165, 1.54) is 31.2 Å². The third kappa shape index (κ3) is 3.10. The van der Waals surface area contributed by atoms with Crippen molar-refractivity contribution in [3.8, 4) is 5.75 Å². The van der Waals surface area contributed by atoms with E-state index in [2.05, 4.69) is 5.10 Å². The second-order valence-corrected chi connectivity index (χ2v) is 5.97. The summed E-state index contributed by atoms with van der Waals surface area (Å²) in [5.41, 5.74) is -0.912. The van der Waals surface area contributed by atoms with Gasteiger partial charge in [-0.1, -0.05) is 11.6 Å². The number of carbonyl (C=O) groups excluding carboxylic acids is 2. The molecular formula is C17H15ClN2O5. The molecule has 0 aliphatic carbocycles. The summed E-state index contributed by atoms with van der Waals surface area (Å²) in [6.07, 6.45) is 1.48. The summed E-state index contributed by atoms with van der Waals surface area (Å²) in [7, 11) is 0. The molecular weight excluding hydrogens is 348 g/mol. The van der Waals surface area contributed by atoms with Crippen LogP contribution < -0.4 is 4.74 Å². The van der Waals surface area contributed by atoms with Crippen molar-refractivity contribution in [1.29, 1.82) is 0 Å². The lowest BCUT2D eigenvalue weighted by Crippen LogP contribution is -2.41. The minimum absolute atomic E-state index is 0.0906. The van der Waals surface area contributed by atoms with Gasteiger partial charge in [0, 0.05) is 25.8 Å². The number of hydrogen-bond donors (Lipinski definition) is 0. The van der Waals surface area contributed by atoms with Crippen molar-refractivity contribution in [3.05, 3.63) is 52.9 Å². The molecule has 8 heteroatoms. The molecule has 2 heterocycles. The second kappa shape index (κ2) is 6.25. The topological polar surface area (TPSA) is 81.3 Å². The van der Waals surface area contributed by atoms with E-state index in [0.29, 0.717) is 16.3 Å². The summed E-state index contributed by atoms with van der Waals surface area (Å²) in [6.45, 7) is 4.30. The highest BCUT2D eigenvalue weighted by molar-refractivity contribution is 6.31. The minimum atomic E-state index is -1.26. The van der Waals surface area contributed by atoms with Crippen LogP contribution in [0.15, 0.2) is 46.1 Å². The number of hydrogen-bond acceptors (Lipinski definition) is 6. The first-order valence-corrected chi connectivity index (χ1v) is 7.80. The van der Waals surface area contributed by atoms with Gasteiger partial charge in [-0.2, -0.15) is 5.01 Å². The minimum Gasteiger partial charge on any atom is -0.463 e. The fraction of sp³-hybridized carbons (Fsp3) is 0.235. The van der Waals surface area contributed by atoms with E-state index < -0.39 is 11.7 Å². The van der Waals surface area contributed by atoms with E-state index in [1.807, 2.05) is 0 Å². The Balaban J connectivity index is 2.07. The number of ether oxygens (including phenoxy) is 2. The zero-order valence-electron chi connectivity index (χ0n) is 13.8. The molecule has 1 aromatic carbocycles. The first kappa shape index (κ1) is 17.0. The SMILES string of the molecule is CC(=O)Oc1ccc(Cl)cc1C1=NN(C(C)=O)[C@@](C)(c2ccco2)O1. The van der Waals surface area contributed by atoms with Crippen molar-refractivity contribution in [2.45, 2.75) is 26.5 Å². The number of carbonyl (C=O) groups is 2. The van der Waals surface area contributed by atoms with Crippen LogP contribution in [0.25, 0.3) is 0 Å². The zero-order chi connectivity index (χ0) is 18.2. The fourth-order valence-corrected chi connectivity index (χ4v) is 2.70. The van der Waals surface area contributed by atoms with Crippen LogP contribution in [0.3, 0.4) is 0 Å². The summed E-state index contributed by atoms with van der Waals surface area (Å²) in [5, 5.41) is 5.81. The molecule has 130 valence electrons. The number of nitrogens with zero attached hydrogens (tertiary/aromatic N) is 2. The Labute approximate surface area is 148 Å². The van der Waals surface area contributed by atoms with Gasteiger partial charge in [0.05, 0.1) is 11.8 Å². The predicted molar refractivity (Wildman–Crippen MR) is 89.0 cm³/mol. The van der Waals surface area contributed by atoms with Crippen LogP contribution in [0.4, 0.5) is 0 Å². The third-order valence-corrected chi connectivity index (χ3v) is 3.83. The fourth-order valence-electron chi connectivity index (χ4n) is 2.53.